The van der Waals surface area contributed by atoms with Crippen LogP contribution in [0.5, 0.6) is 0 Å². The smallest absolute Gasteiger partial charge is 0.345 e. The third-order valence-electron chi connectivity index (χ3n) is 11.4. The summed E-state index contributed by atoms with van der Waals surface area (Å²) in [5.41, 5.74) is 6.85. The van der Waals surface area contributed by atoms with Crippen molar-refractivity contribution in [2.24, 2.45) is 0 Å². The Kier molecular flexibility index (Phi) is 10.3. The molecule has 8 heterocycles. The second kappa shape index (κ2) is 16.0. The third-order valence-corrected chi connectivity index (χ3v) is 11.4. The van der Waals surface area contributed by atoms with Gasteiger partial charge in [0.1, 0.15) is 22.6 Å². The van der Waals surface area contributed by atoms with E-state index in [1.807, 2.05) is 97.3 Å². The number of rotatable bonds is 7. The van der Waals surface area contributed by atoms with E-state index < -0.39 is 0 Å². The van der Waals surface area contributed by atoms with E-state index in [-0.39, 0.29) is 11.3 Å². The molecule has 6 aromatic heterocycles. The van der Waals surface area contributed by atoms with E-state index in [9.17, 15) is 9.59 Å². The van der Waals surface area contributed by atoms with Crippen LogP contribution in [-0.4, -0.2) is 94.0 Å². The monoisotopic (exact) mass is 776 g/mol. The molecule has 0 spiro atoms. The standard InChI is InChI=1S/2C23H24N4O2/c1-16(2)25-9-11-26(12-10-25)18-7-6-17-13-20(23(28)29-22(17)15-18)21-14-19-5-3-4-8-27(19)24-21;1-2-8-25-10-12-26(13-11-25)18-7-6-17-14-20(23(28)29-22(17)16-18)21-15-19-5-3-4-9-27(19)24-21/h3-8,13-16H,9-12H2,1-2H3;3-7,9,14-16H,2,8,10-13H2,1H3. The maximum atomic E-state index is 12.7. The van der Waals surface area contributed by atoms with Crippen LogP contribution >= 0.6 is 0 Å². The van der Waals surface area contributed by atoms with Crippen LogP contribution in [0.2, 0.25) is 0 Å². The number of piperazine rings is 2. The highest BCUT2D eigenvalue weighted by Crippen LogP contribution is 2.28. The number of fused-ring (bicyclic) bond motifs is 4. The molecule has 0 amide bonds. The molecule has 296 valence electrons. The van der Waals surface area contributed by atoms with Gasteiger partial charge in [0.2, 0.25) is 0 Å². The lowest BCUT2D eigenvalue weighted by Gasteiger charge is -2.38. The number of hydrogen-bond acceptors (Lipinski definition) is 10. The van der Waals surface area contributed by atoms with Gasteiger partial charge in [-0.25, -0.2) is 18.6 Å². The fourth-order valence-electron chi connectivity index (χ4n) is 8.13. The Bertz CT molecular complexity index is 2770. The first-order chi connectivity index (χ1) is 28.3. The number of nitrogens with zero attached hydrogens (tertiary/aromatic N) is 8. The Labute approximate surface area is 336 Å². The molecule has 2 aromatic carbocycles. The zero-order valence-electron chi connectivity index (χ0n) is 33.3. The molecule has 8 aromatic rings. The van der Waals surface area contributed by atoms with E-state index in [0.717, 1.165) is 92.1 Å². The lowest BCUT2D eigenvalue weighted by Crippen LogP contribution is -2.48. The maximum Gasteiger partial charge on any atom is 0.345 e. The highest BCUT2D eigenvalue weighted by molar-refractivity contribution is 5.85. The van der Waals surface area contributed by atoms with Gasteiger partial charge in [0.15, 0.2) is 0 Å². The van der Waals surface area contributed by atoms with Gasteiger partial charge >= 0.3 is 11.3 Å². The zero-order valence-corrected chi connectivity index (χ0v) is 33.3. The van der Waals surface area contributed by atoms with Gasteiger partial charge in [-0.1, -0.05) is 19.1 Å². The summed E-state index contributed by atoms with van der Waals surface area (Å²) < 4.78 is 14.9. The highest BCUT2D eigenvalue weighted by atomic mass is 16.4. The molecular formula is C46H48N8O4. The van der Waals surface area contributed by atoms with Crippen LogP contribution in [0.25, 0.3) is 55.5 Å². The Balaban J connectivity index is 0.000000150. The Hall–Kier alpha value is -6.24. The number of anilines is 2. The topological polar surface area (TPSA) is 108 Å². The van der Waals surface area contributed by atoms with Gasteiger partial charge in [-0.15, -0.1) is 0 Å². The largest absolute Gasteiger partial charge is 0.422 e. The second-order valence-corrected chi connectivity index (χ2v) is 15.5. The molecular weight excluding hydrogens is 729 g/mol. The zero-order chi connectivity index (χ0) is 39.8. The Morgan fingerprint density at radius 3 is 1.52 bits per heavy atom. The van der Waals surface area contributed by atoms with Crippen molar-refractivity contribution < 1.29 is 8.83 Å². The van der Waals surface area contributed by atoms with Crippen LogP contribution in [0.3, 0.4) is 0 Å². The summed E-state index contributed by atoms with van der Waals surface area (Å²) in [4.78, 5) is 35.1. The summed E-state index contributed by atoms with van der Waals surface area (Å²) >= 11 is 0. The molecule has 0 saturated carbocycles. The predicted molar refractivity (Wildman–Crippen MR) is 231 cm³/mol. The number of pyridine rings is 2. The molecule has 0 radical (unpaired) electrons. The van der Waals surface area contributed by atoms with E-state index in [0.29, 0.717) is 39.7 Å². The molecule has 0 unspecified atom stereocenters. The summed E-state index contributed by atoms with van der Waals surface area (Å²) in [5.74, 6) is 0. The van der Waals surface area contributed by atoms with Crippen LogP contribution in [0.1, 0.15) is 27.2 Å². The van der Waals surface area contributed by atoms with Crippen LogP contribution in [0.4, 0.5) is 11.4 Å². The van der Waals surface area contributed by atoms with Crippen molar-refractivity contribution in [1.82, 2.24) is 29.0 Å². The van der Waals surface area contributed by atoms with Crippen molar-refractivity contribution in [3.63, 3.8) is 0 Å². The molecule has 2 aliphatic rings. The average Bonchev–Trinajstić information content (AvgIpc) is 3.88. The first-order valence-corrected chi connectivity index (χ1v) is 20.3. The Morgan fingerprint density at radius 1 is 0.586 bits per heavy atom. The van der Waals surface area contributed by atoms with Gasteiger partial charge in [-0.05, 0) is 99.6 Å². The van der Waals surface area contributed by atoms with Crippen molar-refractivity contribution in [2.75, 3.05) is 68.7 Å². The Morgan fingerprint density at radius 2 is 1.07 bits per heavy atom. The maximum absolute atomic E-state index is 12.7. The predicted octanol–water partition coefficient (Wildman–Crippen LogP) is 7.28. The highest BCUT2D eigenvalue weighted by Gasteiger charge is 2.21. The summed E-state index contributed by atoms with van der Waals surface area (Å²) in [6.45, 7) is 16.0. The van der Waals surface area contributed by atoms with E-state index >= 15 is 0 Å². The molecule has 0 aliphatic carbocycles. The fourth-order valence-corrected chi connectivity index (χ4v) is 8.13. The summed E-state index contributed by atoms with van der Waals surface area (Å²) in [5, 5.41) is 10.8. The number of hydrogen-bond donors (Lipinski definition) is 0. The summed E-state index contributed by atoms with van der Waals surface area (Å²) in [6, 6.07) is 32.1. The minimum absolute atomic E-state index is 0.356. The van der Waals surface area contributed by atoms with Gasteiger partial charge in [0.25, 0.3) is 0 Å². The summed E-state index contributed by atoms with van der Waals surface area (Å²) in [7, 11) is 0. The van der Waals surface area contributed by atoms with E-state index in [4.69, 9.17) is 8.83 Å². The molecule has 58 heavy (non-hydrogen) atoms. The van der Waals surface area contributed by atoms with Crippen molar-refractivity contribution in [3.8, 4) is 22.5 Å². The molecule has 2 aliphatic heterocycles. The first-order valence-electron chi connectivity index (χ1n) is 20.3. The molecule has 12 heteroatoms. The van der Waals surface area contributed by atoms with Gasteiger partial charge in [-0.2, -0.15) is 10.2 Å². The van der Waals surface area contributed by atoms with Crippen LogP contribution in [0.15, 0.2) is 128 Å². The third kappa shape index (κ3) is 7.60. The molecule has 2 saturated heterocycles. The molecule has 12 nitrogen and oxygen atoms in total. The van der Waals surface area contributed by atoms with Gasteiger partial charge in [0, 0.05) is 105 Å². The lowest BCUT2D eigenvalue weighted by molar-refractivity contribution is 0.209. The molecule has 0 atom stereocenters. The van der Waals surface area contributed by atoms with Gasteiger partial charge in [0.05, 0.1) is 22.2 Å². The lowest BCUT2D eigenvalue weighted by atomic mass is 10.1. The first kappa shape index (κ1) is 37.3. The van der Waals surface area contributed by atoms with Crippen molar-refractivity contribution in [1.29, 1.82) is 0 Å². The van der Waals surface area contributed by atoms with Crippen molar-refractivity contribution in [2.45, 2.75) is 33.2 Å². The van der Waals surface area contributed by atoms with E-state index in [1.54, 1.807) is 9.03 Å². The summed E-state index contributed by atoms with van der Waals surface area (Å²) in [6.07, 6.45) is 4.93. The minimum atomic E-state index is -0.359. The SMILES string of the molecule is CC(C)N1CCN(c2ccc3cc(-c4cc5ccccn5n4)c(=O)oc3c2)CC1.CCCN1CCN(c2ccc3cc(-c4cc5ccccn5n4)c(=O)oc3c2)CC1. The van der Waals surface area contributed by atoms with Gasteiger partial charge in [-0.3, -0.25) is 9.80 Å². The van der Waals surface area contributed by atoms with Crippen molar-refractivity contribution in [3.05, 3.63) is 130 Å². The molecule has 2 fully saturated rings. The van der Waals surface area contributed by atoms with Crippen LogP contribution in [-0.2, 0) is 0 Å². The quantitative estimate of drug-likeness (QED) is 0.153. The fraction of sp³-hybridized carbons (Fsp3) is 0.304. The van der Waals surface area contributed by atoms with E-state index in [1.165, 1.54) is 6.42 Å². The number of aromatic nitrogens is 4. The minimum Gasteiger partial charge on any atom is -0.422 e. The molecule has 0 N–H and O–H groups in total. The van der Waals surface area contributed by atoms with E-state index in [2.05, 4.69) is 62.7 Å². The second-order valence-electron chi connectivity index (χ2n) is 15.5. The average molecular weight is 777 g/mol. The molecule has 0 bridgehead atoms. The van der Waals surface area contributed by atoms with Gasteiger partial charge < -0.3 is 18.6 Å². The number of benzene rings is 2. The molecule has 10 rings (SSSR count). The van der Waals surface area contributed by atoms with Crippen molar-refractivity contribution >= 4 is 44.3 Å². The van der Waals surface area contributed by atoms with Crippen LogP contribution < -0.4 is 21.1 Å². The normalized spacial score (nSPS) is 15.5. The van der Waals surface area contributed by atoms with Crippen LogP contribution in [0, 0.1) is 0 Å².